The highest BCUT2D eigenvalue weighted by Gasteiger charge is 2.33. The van der Waals surface area contributed by atoms with Gasteiger partial charge in [0.05, 0.1) is 12.0 Å². The van der Waals surface area contributed by atoms with Gasteiger partial charge in [-0.15, -0.1) is 0 Å². The van der Waals surface area contributed by atoms with Crippen LogP contribution in [0.2, 0.25) is 0 Å². The number of pyridine rings is 1. The number of aromatic nitrogens is 1. The topological polar surface area (TPSA) is 81.8 Å². The van der Waals surface area contributed by atoms with Crippen LogP contribution in [0.5, 0.6) is 5.75 Å². The van der Waals surface area contributed by atoms with Gasteiger partial charge in [-0.1, -0.05) is 67.7 Å². The first kappa shape index (κ1) is 31.4. The first-order valence-corrected chi connectivity index (χ1v) is 16.2. The Morgan fingerprint density at radius 2 is 1.68 bits per heavy atom. The van der Waals surface area contributed by atoms with E-state index in [4.69, 9.17) is 17.0 Å². The number of methoxy groups -OCH3 is 1. The zero-order chi connectivity index (χ0) is 31.2. The van der Waals surface area contributed by atoms with Crippen LogP contribution in [0, 0.1) is 18.3 Å². The third kappa shape index (κ3) is 6.54. The number of benzene rings is 2. The van der Waals surface area contributed by atoms with Crippen molar-refractivity contribution in [2.45, 2.75) is 39.7 Å². The Balaban J connectivity index is 1.48. The highest BCUT2D eigenvalue weighted by atomic mass is 32.2. The van der Waals surface area contributed by atoms with Crippen molar-refractivity contribution in [2.75, 3.05) is 49.6 Å². The molecule has 2 fully saturated rings. The fourth-order valence-corrected chi connectivity index (χ4v) is 6.97. The maximum atomic E-state index is 13.7. The molecule has 2 aromatic carbocycles. The Labute approximate surface area is 268 Å². The largest absolute Gasteiger partial charge is 0.497 e. The van der Waals surface area contributed by atoms with Crippen LogP contribution in [-0.2, 0) is 17.8 Å². The van der Waals surface area contributed by atoms with Crippen LogP contribution in [0.4, 0.5) is 11.5 Å². The van der Waals surface area contributed by atoms with Gasteiger partial charge >= 0.3 is 0 Å². The smallest absolute Gasteiger partial charge is 0.270 e. The SMILES string of the molecule is CCCCn1c(N2CCN(c3ccccc3)CC2)c(/C=C2\SC(=S)N(CCc3ccc(OC)cc3)C2=O)c(C)c(C#N)c1=O. The van der Waals surface area contributed by atoms with Crippen molar-refractivity contribution in [3.63, 3.8) is 0 Å². The summed E-state index contributed by atoms with van der Waals surface area (Å²) in [5, 5.41) is 10.0. The van der Waals surface area contributed by atoms with Crippen molar-refractivity contribution >= 4 is 51.8 Å². The molecule has 0 N–H and O–H groups in total. The highest BCUT2D eigenvalue weighted by Crippen LogP contribution is 2.36. The number of piperazine rings is 1. The molecule has 0 spiro atoms. The molecule has 3 heterocycles. The lowest BCUT2D eigenvalue weighted by Gasteiger charge is -2.39. The number of amides is 1. The lowest BCUT2D eigenvalue weighted by atomic mass is 10.0. The molecule has 228 valence electrons. The Kier molecular flexibility index (Phi) is 10.1. The molecule has 44 heavy (non-hydrogen) atoms. The van der Waals surface area contributed by atoms with Crippen LogP contribution < -0.4 is 20.1 Å². The van der Waals surface area contributed by atoms with Crippen LogP contribution in [0.1, 0.15) is 42.0 Å². The summed E-state index contributed by atoms with van der Waals surface area (Å²) in [7, 11) is 1.63. The first-order chi connectivity index (χ1) is 21.4. The van der Waals surface area contributed by atoms with Gasteiger partial charge in [0.15, 0.2) is 0 Å². The molecule has 2 saturated heterocycles. The average molecular weight is 628 g/mol. The van der Waals surface area contributed by atoms with Gasteiger partial charge in [-0.2, -0.15) is 5.26 Å². The summed E-state index contributed by atoms with van der Waals surface area (Å²) in [6.07, 6.45) is 4.22. The number of ether oxygens (including phenoxy) is 1. The van der Waals surface area contributed by atoms with Gasteiger partial charge in [-0.3, -0.25) is 19.1 Å². The predicted molar refractivity (Wildman–Crippen MR) is 183 cm³/mol. The fourth-order valence-electron chi connectivity index (χ4n) is 5.68. The van der Waals surface area contributed by atoms with Gasteiger partial charge in [0.25, 0.3) is 11.5 Å². The Bertz CT molecular complexity index is 1650. The fraction of sp³-hybridized carbons (Fsp3) is 0.353. The molecule has 1 aromatic heterocycles. The molecule has 2 aliphatic heterocycles. The van der Waals surface area contributed by atoms with Crippen LogP contribution in [0.25, 0.3) is 6.08 Å². The van der Waals surface area contributed by atoms with Gasteiger partial charge in [0.2, 0.25) is 0 Å². The zero-order valence-corrected chi connectivity index (χ0v) is 27.0. The van der Waals surface area contributed by atoms with Crippen LogP contribution >= 0.6 is 24.0 Å². The van der Waals surface area contributed by atoms with Crippen molar-refractivity contribution < 1.29 is 9.53 Å². The number of carbonyl (C=O) groups is 1. The average Bonchev–Trinajstić information content (AvgIpc) is 3.32. The molecule has 1 amide bonds. The minimum atomic E-state index is -0.275. The van der Waals surface area contributed by atoms with E-state index in [0.717, 1.165) is 48.6 Å². The number of unbranched alkanes of at least 4 members (excludes halogenated alkanes) is 1. The number of hydrogen-bond donors (Lipinski definition) is 0. The van der Waals surface area contributed by atoms with Gasteiger partial charge < -0.3 is 14.5 Å². The number of rotatable bonds is 10. The van der Waals surface area contributed by atoms with E-state index in [1.807, 2.05) is 55.5 Å². The number of anilines is 2. The van der Waals surface area contributed by atoms with Gasteiger partial charge in [-0.25, -0.2) is 0 Å². The summed E-state index contributed by atoms with van der Waals surface area (Å²) in [5.41, 5.74) is 3.43. The quantitative estimate of drug-likeness (QED) is 0.212. The molecule has 2 aliphatic rings. The normalized spacial score (nSPS) is 16.1. The van der Waals surface area contributed by atoms with Crippen molar-refractivity contribution in [1.82, 2.24) is 9.47 Å². The second kappa shape index (κ2) is 14.1. The minimum Gasteiger partial charge on any atom is -0.497 e. The number of thiocarbonyl (C=S) groups is 1. The van der Waals surface area contributed by atoms with Crippen LogP contribution in [-0.4, -0.2) is 59.5 Å². The minimum absolute atomic E-state index is 0.119. The number of thioether (sulfide) groups is 1. The maximum absolute atomic E-state index is 13.7. The summed E-state index contributed by atoms with van der Waals surface area (Å²) >= 11 is 6.93. The van der Waals surface area contributed by atoms with Crippen LogP contribution in [0.15, 0.2) is 64.3 Å². The van der Waals surface area contributed by atoms with Crippen molar-refractivity contribution in [2.24, 2.45) is 0 Å². The monoisotopic (exact) mass is 627 g/mol. The molecule has 0 atom stereocenters. The number of nitriles is 1. The number of carbonyl (C=O) groups excluding carboxylic acids is 1. The Morgan fingerprint density at radius 1 is 1.00 bits per heavy atom. The molecule has 0 saturated carbocycles. The molecule has 0 aliphatic carbocycles. The van der Waals surface area contributed by atoms with E-state index in [1.165, 1.54) is 17.4 Å². The Morgan fingerprint density at radius 3 is 2.32 bits per heavy atom. The maximum Gasteiger partial charge on any atom is 0.270 e. The lowest BCUT2D eigenvalue weighted by molar-refractivity contribution is -0.122. The third-order valence-corrected chi connectivity index (χ3v) is 9.59. The summed E-state index contributed by atoms with van der Waals surface area (Å²) in [5.74, 6) is 1.40. The summed E-state index contributed by atoms with van der Waals surface area (Å²) in [6, 6.07) is 20.3. The van der Waals surface area contributed by atoms with E-state index in [-0.39, 0.29) is 17.0 Å². The summed E-state index contributed by atoms with van der Waals surface area (Å²) in [6.45, 7) is 7.84. The van der Waals surface area contributed by atoms with E-state index < -0.39 is 0 Å². The van der Waals surface area contributed by atoms with E-state index >= 15 is 0 Å². The van der Waals surface area contributed by atoms with Gasteiger partial charge in [0, 0.05) is 50.5 Å². The summed E-state index contributed by atoms with van der Waals surface area (Å²) < 4.78 is 7.51. The van der Waals surface area contributed by atoms with E-state index in [9.17, 15) is 14.9 Å². The van der Waals surface area contributed by atoms with Crippen molar-refractivity contribution in [3.05, 3.63) is 92.1 Å². The second-order valence-corrected chi connectivity index (χ2v) is 12.6. The summed E-state index contributed by atoms with van der Waals surface area (Å²) in [4.78, 5) is 34.1. The number of para-hydroxylation sites is 1. The van der Waals surface area contributed by atoms with E-state index in [1.54, 1.807) is 16.6 Å². The van der Waals surface area contributed by atoms with Gasteiger partial charge in [-0.05, 0) is 61.2 Å². The van der Waals surface area contributed by atoms with E-state index in [0.29, 0.717) is 47.4 Å². The van der Waals surface area contributed by atoms with Crippen molar-refractivity contribution in [3.8, 4) is 11.8 Å². The molecule has 8 nitrogen and oxygen atoms in total. The molecular weight excluding hydrogens is 591 g/mol. The van der Waals surface area contributed by atoms with Crippen molar-refractivity contribution in [1.29, 1.82) is 5.26 Å². The highest BCUT2D eigenvalue weighted by molar-refractivity contribution is 8.26. The molecule has 0 bridgehead atoms. The van der Waals surface area contributed by atoms with E-state index in [2.05, 4.69) is 34.9 Å². The molecule has 5 rings (SSSR count). The molecule has 0 unspecified atom stereocenters. The lowest BCUT2D eigenvalue weighted by Crippen LogP contribution is -2.48. The standard InChI is InChI=1S/C34H37N5O3S2/c1-4-5-16-38-31(37-20-18-36(19-21-37)26-9-7-6-8-10-26)28(24(2)29(23-35)32(38)40)22-30-33(41)39(34(43)44-30)17-15-25-11-13-27(42-3)14-12-25/h6-14,22H,4-5,15-21H2,1-3H3/b30-22-. The second-order valence-electron chi connectivity index (χ2n) is 10.9. The van der Waals surface area contributed by atoms with Gasteiger partial charge in [0.1, 0.15) is 27.5 Å². The number of hydrogen-bond acceptors (Lipinski definition) is 8. The molecular formula is C34H37N5O3S2. The number of nitrogens with zero attached hydrogens (tertiary/aromatic N) is 5. The zero-order valence-electron chi connectivity index (χ0n) is 25.4. The third-order valence-electron chi connectivity index (χ3n) is 8.21. The predicted octanol–water partition coefficient (Wildman–Crippen LogP) is 5.61. The molecule has 3 aromatic rings. The van der Waals surface area contributed by atoms with Crippen LogP contribution in [0.3, 0.4) is 0 Å². The molecule has 0 radical (unpaired) electrons. The Hall–Kier alpha value is -4.07. The molecule has 10 heteroatoms. The first-order valence-electron chi connectivity index (χ1n) is 15.0.